The smallest absolute Gasteiger partial charge is 0.242 e. The summed E-state index contributed by atoms with van der Waals surface area (Å²) in [5, 5.41) is 0.578. The van der Waals surface area contributed by atoms with Crippen molar-refractivity contribution >= 4 is 27.1 Å². The Kier molecular flexibility index (Phi) is 3.90. The van der Waals surface area contributed by atoms with Gasteiger partial charge in [0.25, 0.3) is 0 Å². The molecule has 1 unspecified atom stereocenters. The van der Waals surface area contributed by atoms with Crippen molar-refractivity contribution in [2.45, 2.75) is 12.2 Å². The largest absolute Gasteiger partial charge is 0.397 e. The third-order valence-corrected chi connectivity index (χ3v) is 3.89. The van der Waals surface area contributed by atoms with Crippen molar-refractivity contribution in [1.82, 2.24) is 0 Å². The second-order valence-corrected chi connectivity index (χ2v) is 6.15. The highest BCUT2D eigenvalue weighted by Gasteiger charge is 2.25. The molecule has 0 bridgehead atoms. The lowest BCUT2D eigenvalue weighted by Crippen LogP contribution is -2.32. The van der Waals surface area contributed by atoms with Gasteiger partial charge in [0.05, 0.1) is 5.69 Å². The molecule has 0 saturated carbocycles. The Labute approximate surface area is 103 Å². The van der Waals surface area contributed by atoms with Gasteiger partial charge in [0.2, 0.25) is 5.91 Å². The number of benzene rings is 1. The number of anilines is 2. The van der Waals surface area contributed by atoms with Crippen LogP contribution in [0.25, 0.3) is 0 Å². The third-order valence-electron chi connectivity index (χ3n) is 2.39. The zero-order valence-corrected chi connectivity index (χ0v) is 10.5. The van der Waals surface area contributed by atoms with Crippen molar-refractivity contribution < 1.29 is 22.0 Å². The van der Waals surface area contributed by atoms with Crippen LogP contribution in [0.1, 0.15) is 6.92 Å². The van der Waals surface area contributed by atoms with E-state index >= 15 is 0 Å². The first-order valence-electron chi connectivity index (χ1n) is 4.87. The second-order valence-electron chi connectivity index (χ2n) is 3.79. The summed E-state index contributed by atoms with van der Waals surface area (Å²) < 4.78 is 48.6. The predicted octanol–water partition coefficient (Wildman–Crippen LogP) is 0.919. The highest BCUT2D eigenvalue weighted by Crippen LogP contribution is 2.24. The maximum absolute atomic E-state index is 13.4. The number of hydrogen-bond acceptors (Lipinski definition) is 4. The summed E-state index contributed by atoms with van der Waals surface area (Å²) in [6.07, 6.45) is 0.864. The van der Waals surface area contributed by atoms with Crippen LogP contribution in [0.3, 0.4) is 0 Å². The maximum Gasteiger partial charge on any atom is 0.242 e. The summed E-state index contributed by atoms with van der Waals surface area (Å²) in [5.41, 5.74) is 4.63. The zero-order chi connectivity index (χ0) is 14.1. The normalized spacial score (nSPS) is 13.1. The quantitative estimate of drug-likeness (QED) is 0.804. The number of nitrogens with one attached hydrogen (secondary N) is 1. The first kappa shape index (κ1) is 14.4. The number of hydrogen-bond donors (Lipinski definition) is 2. The van der Waals surface area contributed by atoms with Crippen molar-refractivity contribution in [1.29, 1.82) is 0 Å². The second kappa shape index (κ2) is 4.89. The van der Waals surface area contributed by atoms with Gasteiger partial charge in [-0.15, -0.1) is 0 Å². The Hall–Kier alpha value is -1.70. The fraction of sp³-hybridized carbons (Fsp3) is 0.300. The van der Waals surface area contributed by atoms with E-state index in [9.17, 15) is 22.0 Å². The number of carbonyl (C=O) groups excluding carboxylic acids is 1. The number of halogens is 2. The molecule has 0 saturated heterocycles. The van der Waals surface area contributed by atoms with Gasteiger partial charge in [-0.05, 0) is 19.1 Å². The average molecular weight is 278 g/mol. The van der Waals surface area contributed by atoms with Crippen LogP contribution in [0.2, 0.25) is 0 Å². The zero-order valence-electron chi connectivity index (χ0n) is 9.70. The third kappa shape index (κ3) is 2.95. The molecule has 0 radical (unpaired) electrons. The minimum atomic E-state index is -3.63. The van der Waals surface area contributed by atoms with Crippen molar-refractivity contribution in [2.75, 3.05) is 17.3 Å². The molecule has 0 spiro atoms. The van der Waals surface area contributed by atoms with Crippen molar-refractivity contribution in [3.8, 4) is 0 Å². The van der Waals surface area contributed by atoms with Crippen LogP contribution in [0.4, 0.5) is 20.2 Å². The molecule has 1 aromatic rings. The molecule has 0 aromatic heterocycles. The summed E-state index contributed by atoms with van der Waals surface area (Å²) in [6.45, 7) is 1.14. The lowest BCUT2D eigenvalue weighted by atomic mass is 10.2. The predicted molar refractivity (Wildman–Crippen MR) is 63.7 cm³/mol. The van der Waals surface area contributed by atoms with Gasteiger partial charge >= 0.3 is 0 Å². The van der Waals surface area contributed by atoms with E-state index in [-0.39, 0.29) is 5.69 Å². The molecule has 18 heavy (non-hydrogen) atoms. The van der Waals surface area contributed by atoms with Gasteiger partial charge in [-0.2, -0.15) is 0 Å². The Morgan fingerprint density at radius 3 is 2.44 bits per heavy atom. The van der Waals surface area contributed by atoms with Crippen molar-refractivity contribution in [3.63, 3.8) is 0 Å². The van der Waals surface area contributed by atoms with E-state index in [0.717, 1.165) is 25.3 Å². The lowest BCUT2D eigenvalue weighted by molar-refractivity contribution is -0.115. The Bertz CT molecular complexity index is 587. The minimum absolute atomic E-state index is 0.192. The van der Waals surface area contributed by atoms with E-state index in [1.807, 2.05) is 5.32 Å². The number of amides is 1. The molecule has 3 N–H and O–H groups in total. The van der Waals surface area contributed by atoms with Crippen LogP contribution in [0.5, 0.6) is 0 Å². The van der Waals surface area contributed by atoms with E-state index in [1.54, 1.807) is 0 Å². The number of rotatable bonds is 3. The number of sulfone groups is 1. The molecule has 1 amide bonds. The first-order chi connectivity index (χ1) is 8.14. The summed E-state index contributed by atoms with van der Waals surface area (Å²) >= 11 is 0. The lowest BCUT2D eigenvalue weighted by Gasteiger charge is -2.13. The van der Waals surface area contributed by atoms with E-state index in [0.29, 0.717) is 0 Å². The molecule has 1 atom stereocenters. The Morgan fingerprint density at radius 1 is 1.39 bits per heavy atom. The molecule has 0 heterocycles. The number of nitrogen functional groups attached to an aromatic ring is 1. The number of nitrogens with two attached hydrogens (primary N) is 1. The van der Waals surface area contributed by atoms with Crippen molar-refractivity contribution in [3.05, 3.63) is 23.8 Å². The fourth-order valence-corrected chi connectivity index (χ4v) is 1.56. The molecular weight excluding hydrogens is 266 g/mol. The maximum atomic E-state index is 13.4. The SMILES string of the molecule is CC(C(=O)Nc1c(N)ccc(F)c1F)S(C)(=O)=O. The van der Waals surface area contributed by atoms with E-state index < -0.39 is 38.3 Å². The summed E-state index contributed by atoms with van der Waals surface area (Å²) in [6, 6.07) is 1.87. The molecule has 1 aromatic carbocycles. The van der Waals surface area contributed by atoms with Gasteiger partial charge < -0.3 is 11.1 Å². The Morgan fingerprint density at radius 2 is 1.94 bits per heavy atom. The first-order valence-corrected chi connectivity index (χ1v) is 6.83. The van der Waals surface area contributed by atoms with Gasteiger partial charge in [0.15, 0.2) is 21.5 Å². The molecule has 100 valence electrons. The van der Waals surface area contributed by atoms with Crippen LogP contribution in [0.15, 0.2) is 12.1 Å². The highest BCUT2D eigenvalue weighted by molar-refractivity contribution is 7.92. The molecule has 1 rings (SSSR count). The molecule has 0 aliphatic carbocycles. The van der Waals surface area contributed by atoms with Gasteiger partial charge in [0, 0.05) is 6.26 Å². The van der Waals surface area contributed by atoms with E-state index in [1.165, 1.54) is 0 Å². The summed E-state index contributed by atoms with van der Waals surface area (Å²) in [4.78, 5) is 11.5. The highest BCUT2D eigenvalue weighted by atomic mass is 32.2. The van der Waals surface area contributed by atoms with E-state index in [2.05, 4.69) is 0 Å². The number of carbonyl (C=O) groups is 1. The van der Waals surface area contributed by atoms with Crippen molar-refractivity contribution in [2.24, 2.45) is 0 Å². The molecule has 0 aliphatic rings. The monoisotopic (exact) mass is 278 g/mol. The van der Waals surface area contributed by atoms with Gasteiger partial charge in [-0.3, -0.25) is 4.79 Å². The van der Waals surface area contributed by atoms with Gasteiger partial charge in [-0.1, -0.05) is 0 Å². The minimum Gasteiger partial charge on any atom is -0.397 e. The van der Waals surface area contributed by atoms with Crippen LogP contribution in [-0.4, -0.2) is 25.8 Å². The standard InChI is InChI=1S/C10H12F2N2O3S/c1-5(18(2,16)17)10(15)14-9-7(13)4-3-6(11)8(9)12/h3-5H,13H2,1-2H3,(H,14,15). The molecule has 0 fully saturated rings. The van der Waals surface area contributed by atoms with E-state index in [4.69, 9.17) is 5.73 Å². The van der Waals surface area contributed by atoms with Gasteiger partial charge in [0.1, 0.15) is 10.9 Å². The van der Waals surface area contributed by atoms with Crippen LogP contribution in [0, 0.1) is 11.6 Å². The van der Waals surface area contributed by atoms with Crippen LogP contribution >= 0.6 is 0 Å². The molecule has 0 aliphatic heterocycles. The summed E-state index contributed by atoms with van der Waals surface area (Å²) in [7, 11) is -3.63. The average Bonchev–Trinajstić information content (AvgIpc) is 2.27. The van der Waals surface area contributed by atoms with Gasteiger partial charge in [-0.25, -0.2) is 17.2 Å². The molecule has 8 heteroatoms. The fourth-order valence-electron chi connectivity index (χ4n) is 1.11. The molecule has 5 nitrogen and oxygen atoms in total. The molecular formula is C10H12F2N2O3S. The van der Waals surface area contributed by atoms with Crippen LogP contribution < -0.4 is 11.1 Å². The van der Waals surface area contributed by atoms with Crippen LogP contribution in [-0.2, 0) is 14.6 Å². The topological polar surface area (TPSA) is 89.3 Å². The summed E-state index contributed by atoms with van der Waals surface area (Å²) in [5.74, 6) is -3.50. The Balaban J connectivity index is 3.07.